The third-order valence-corrected chi connectivity index (χ3v) is 1.81. The molecule has 1 aromatic rings. The number of aromatic nitrogens is 1. The first-order valence-corrected chi connectivity index (χ1v) is 4.54. The van der Waals surface area contributed by atoms with Crippen molar-refractivity contribution < 1.29 is 4.79 Å². The second-order valence-corrected chi connectivity index (χ2v) is 2.98. The second-order valence-electron chi connectivity index (χ2n) is 2.98. The Bertz CT molecular complexity index is 417. The van der Waals surface area contributed by atoms with Crippen LogP contribution in [0.4, 0.5) is 5.82 Å². The van der Waals surface area contributed by atoms with Crippen LogP contribution in [-0.2, 0) is 4.79 Å². The van der Waals surface area contributed by atoms with E-state index >= 15 is 0 Å². The molecular weight excluding hydrogens is 200 g/mol. The third-order valence-electron chi connectivity index (χ3n) is 1.81. The van der Waals surface area contributed by atoms with E-state index in [1.165, 1.54) is 11.2 Å². The van der Waals surface area contributed by atoms with Crippen molar-refractivity contribution in [2.24, 2.45) is 5.10 Å². The largest absolute Gasteiger partial charge is 0.299 e. The number of nitrogens with zero attached hydrogens (tertiary/aromatic N) is 3. The zero-order chi connectivity index (χ0) is 12.0. The molecule has 4 radical (unpaired) electrons. The van der Waals surface area contributed by atoms with E-state index in [1.807, 2.05) is 6.07 Å². The van der Waals surface area contributed by atoms with E-state index in [-0.39, 0.29) is 10.9 Å². The molecule has 0 aliphatic heterocycles. The van der Waals surface area contributed by atoms with Crippen molar-refractivity contribution in [2.75, 3.05) is 12.1 Å². The highest BCUT2D eigenvalue weighted by molar-refractivity contribution is 6.44. The highest BCUT2D eigenvalue weighted by atomic mass is 16.1. The SMILES string of the molecule is [B]/C(C=O)=C([B])/C=N\N(C)c1ccccn1. The van der Waals surface area contributed by atoms with Gasteiger partial charge in [-0.05, 0) is 12.1 Å². The van der Waals surface area contributed by atoms with Crippen LogP contribution >= 0.6 is 0 Å². The number of aldehydes is 1. The fourth-order valence-corrected chi connectivity index (χ4v) is 0.896. The van der Waals surface area contributed by atoms with Gasteiger partial charge in [-0.15, -0.1) is 0 Å². The summed E-state index contributed by atoms with van der Waals surface area (Å²) in [6.45, 7) is 0. The summed E-state index contributed by atoms with van der Waals surface area (Å²) in [5.74, 6) is 0.663. The van der Waals surface area contributed by atoms with Crippen LogP contribution in [0.1, 0.15) is 0 Å². The molecule has 0 spiro atoms. The fraction of sp³-hybridized carbons (Fsp3) is 0.100. The average Bonchev–Trinajstić information content (AvgIpc) is 2.35. The van der Waals surface area contributed by atoms with Crippen molar-refractivity contribution in [3.05, 3.63) is 35.3 Å². The van der Waals surface area contributed by atoms with Crippen molar-refractivity contribution in [2.45, 2.75) is 0 Å². The van der Waals surface area contributed by atoms with Crippen LogP contribution in [0, 0.1) is 0 Å². The molecule has 0 amide bonds. The van der Waals surface area contributed by atoms with Crippen molar-refractivity contribution in [1.82, 2.24) is 4.98 Å². The van der Waals surface area contributed by atoms with Crippen LogP contribution in [0.25, 0.3) is 0 Å². The first-order valence-electron chi connectivity index (χ1n) is 4.54. The minimum atomic E-state index is -0.0434. The molecule has 1 heterocycles. The molecule has 0 fully saturated rings. The van der Waals surface area contributed by atoms with Gasteiger partial charge in [0.1, 0.15) is 27.8 Å². The number of anilines is 1. The van der Waals surface area contributed by atoms with Crippen molar-refractivity contribution >= 4 is 34.0 Å². The highest BCUT2D eigenvalue weighted by Crippen LogP contribution is 2.06. The molecule has 0 aliphatic carbocycles. The van der Waals surface area contributed by atoms with Gasteiger partial charge in [-0.1, -0.05) is 17.0 Å². The van der Waals surface area contributed by atoms with E-state index < -0.39 is 0 Å². The van der Waals surface area contributed by atoms with Gasteiger partial charge in [-0.3, -0.25) is 9.80 Å². The molecule has 0 saturated heterocycles. The summed E-state index contributed by atoms with van der Waals surface area (Å²) in [5.41, 5.74) is 0.0796. The normalized spacial score (nSPS) is 12.3. The molecule has 0 bridgehead atoms. The molecule has 0 aliphatic rings. The summed E-state index contributed by atoms with van der Waals surface area (Å²) in [6, 6.07) is 5.44. The van der Waals surface area contributed by atoms with Crippen LogP contribution in [0.15, 0.2) is 40.4 Å². The maximum atomic E-state index is 10.3. The lowest BCUT2D eigenvalue weighted by atomic mass is 9.82. The van der Waals surface area contributed by atoms with Crippen molar-refractivity contribution in [1.29, 1.82) is 0 Å². The molecule has 76 valence electrons. The lowest BCUT2D eigenvalue weighted by molar-refractivity contribution is -0.104. The predicted molar refractivity (Wildman–Crippen MR) is 65.7 cm³/mol. The van der Waals surface area contributed by atoms with E-state index in [0.29, 0.717) is 12.1 Å². The maximum absolute atomic E-state index is 10.3. The second kappa shape index (κ2) is 5.90. The smallest absolute Gasteiger partial charge is 0.148 e. The summed E-state index contributed by atoms with van der Waals surface area (Å²) in [5, 5.41) is 5.51. The molecule has 0 N–H and O–H groups in total. The van der Waals surface area contributed by atoms with Gasteiger partial charge in [-0.25, -0.2) is 4.98 Å². The summed E-state index contributed by atoms with van der Waals surface area (Å²) >= 11 is 0. The predicted octanol–water partition coefficient (Wildman–Crippen LogP) is 0.251. The first kappa shape index (κ1) is 12.2. The molecule has 16 heavy (non-hydrogen) atoms. The van der Waals surface area contributed by atoms with Gasteiger partial charge >= 0.3 is 0 Å². The Morgan fingerprint density at radius 3 is 2.75 bits per heavy atom. The Hall–Kier alpha value is -1.84. The first-order chi connectivity index (χ1) is 7.65. The van der Waals surface area contributed by atoms with Gasteiger partial charge in [0, 0.05) is 19.5 Å². The van der Waals surface area contributed by atoms with Crippen LogP contribution in [0.5, 0.6) is 0 Å². The van der Waals surface area contributed by atoms with E-state index in [2.05, 4.69) is 10.1 Å². The fourth-order valence-electron chi connectivity index (χ4n) is 0.896. The average molecular weight is 209 g/mol. The van der Waals surface area contributed by atoms with E-state index in [9.17, 15) is 4.79 Å². The maximum Gasteiger partial charge on any atom is 0.148 e. The number of hydrogen-bond acceptors (Lipinski definition) is 4. The molecular formula is C10H9B2N3O. The monoisotopic (exact) mass is 209 g/mol. The molecule has 0 saturated carbocycles. The quantitative estimate of drug-likeness (QED) is 0.234. The molecule has 6 heteroatoms. The Kier molecular flexibility index (Phi) is 4.51. The van der Waals surface area contributed by atoms with Crippen LogP contribution in [0.2, 0.25) is 0 Å². The summed E-state index contributed by atoms with van der Waals surface area (Å²) in [7, 11) is 12.5. The zero-order valence-corrected chi connectivity index (χ0v) is 8.87. The number of hydrazone groups is 1. The van der Waals surface area contributed by atoms with Crippen molar-refractivity contribution in [3.63, 3.8) is 0 Å². The van der Waals surface area contributed by atoms with E-state index in [4.69, 9.17) is 15.7 Å². The van der Waals surface area contributed by atoms with Crippen LogP contribution < -0.4 is 5.01 Å². The minimum Gasteiger partial charge on any atom is -0.299 e. The highest BCUT2D eigenvalue weighted by Gasteiger charge is 1.97. The number of carbonyl (C=O) groups is 1. The van der Waals surface area contributed by atoms with E-state index in [0.717, 1.165) is 0 Å². The topological polar surface area (TPSA) is 45.6 Å². The molecule has 1 rings (SSSR count). The summed E-state index contributed by atoms with van der Waals surface area (Å²) < 4.78 is 0. The molecule has 0 atom stereocenters. The summed E-state index contributed by atoms with van der Waals surface area (Å²) in [6.07, 6.45) is 3.43. The van der Waals surface area contributed by atoms with Crippen LogP contribution in [0.3, 0.4) is 0 Å². The van der Waals surface area contributed by atoms with Gasteiger partial charge in [-0.2, -0.15) is 5.10 Å². The summed E-state index contributed by atoms with van der Waals surface area (Å²) in [4.78, 5) is 14.4. The minimum absolute atomic E-state index is 0.0434. The molecule has 1 aromatic heterocycles. The Morgan fingerprint density at radius 2 is 2.19 bits per heavy atom. The number of allylic oxidation sites excluding steroid dienone is 2. The molecule has 0 aromatic carbocycles. The van der Waals surface area contributed by atoms with Crippen molar-refractivity contribution in [3.8, 4) is 0 Å². The number of rotatable bonds is 4. The number of carbonyl (C=O) groups excluding carboxylic acids is 1. The Labute approximate surface area is 96.9 Å². The van der Waals surface area contributed by atoms with E-state index in [1.54, 1.807) is 25.4 Å². The Balaban J connectivity index is 2.76. The Morgan fingerprint density at radius 1 is 1.44 bits per heavy atom. The lowest BCUT2D eigenvalue weighted by Crippen LogP contribution is -2.11. The lowest BCUT2D eigenvalue weighted by Gasteiger charge is -2.10. The number of pyridine rings is 1. The standard InChI is InChI=1S/C10H9B2N3O/c1-15(10-4-2-3-5-13-10)14-6-8(11)9(12)7-16/h2-7H,1H3/b9-8-,14-6-. The third kappa shape index (κ3) is 3.38. The van der Waals surface area contributed by atoms with Gasteiger partial charge in [0.25, 0.3) is 0 Å². The van der Waals surface area contributed by atoms with Gasteiger partial charge in [0.05, 0.1) is 0 Å². The number of hydrogen-bond donors (Lipinski definition) is 0. The molecule has 4 nitrogen and oxygen atoms in total. The molecule has 0 unspecified atom stereocenters. The van der Waals surface area contributed by atoms with Crippen LogP contribution in [-0.4, -0.2) is 40.2 Å². The van der Waals surface area contributed by atoms with Gasteiger partial charge in [0.2, 0.25) is 0 Å². The van der Waals surface area contributed by atoms with Gasteiger partial charge < -0.3 is 0 Å². The van der Waals surface area contributed by atoms with Gasteiger partial charge in [0.15, 0.2) is 0 Å². The zero-order valence-electron chi connectivity index (χ0n) is 8.87.